The van der Waals surface area contributed by atoms with Crippen molar-refractivity contribution in [1.29, 1.82) is 0 Å². The van der Waals surface area contributed by atoms with Gasteiger partial charge in [0.15, 0.2) is 0 Å². The monoisotopic (exact) mass is 1020 g/mol. The van der Waals surface area contributed by atoms with Gasteiger partial charge in [0.05, 0.1) is 13.2 Å². The summed E-state index contributed by atoms with van der Waals surface area (Å²) in [5.41, 5.74) is 7.64. The predicted molar refractivity (Wildman–Crippen MR) is 269 cm³/mol. The molecule has 2 aromatic carbocycles. The van der Waals surface area contributed by atoms with E-state index in [4.69, 9.17) is 5.73 Å². The molecule has 3 aromatic rings. The van der Waals surface area contributed by atoms with Crippen molar-refractivity contribution in [3.63, 3.8) is 0 Å². The molecule has 0 radical (unpaired) electrons. The topological polar surface area (TPSA) is 341 Å². The third-order valence-electron chi connectivity index (χ3n) is 11.8. The highest BCUT2D eigenvalue weighted by molar-refractivity contribution is 7.98. The van der Waals surface area contributed by atoms with Crippen molar-refractivity contribution in [3.05, 3.63) is 71.9 Å². The number of primary amides is 1. The first-order chi connectivity index (χ1) is 34.2. The van der Waals surface area contributed by atoms with Gasteiger partial charge in [-0.15, -0.1) is 0 Å². The fourth-order valence-electron chi connectivity index (χ4n) is 7.82. The van der Waals surface area contributed by atoms with Crippen LogP contribution in [0, 0.1) is 11.8 Å². The molecular weight excluding hydrogens is 951 g/mol. The number of fused-ring (bicyclic) bond motifs is 1. The zero-order valence-electron chi connectivity index (χ0n) is 41.4. The molecule has 22 nitrogen and oxygen atoms in total. The molecule has 1 aromatic heterocycles. The molecule has 8 atom stereocenters. The van der Waals surface area contributed by atoms with Crippen molar-refractivity contribution >= 4 is 81.7 Å². The third kappa shape index (κ3) is 17.7. The number of nitrogens with two attached hydrogens (primary N) is 1. The van der Waals surface area contributed by atoms with E-state index in [1.807, 2.05) is 44.4 Å². The molecule has 72 heavy (non-hydrogen) atoms. The Kier molecular flexibility index (Phi) is 22.5. The van der Waals surface area contributed by atoms with Gasteiger partial charge >= 0.3 is 0 Å². The summed E-state index contributed by atoms with van der Waals surface area (Å²) in [7, 11) is 0. The molecule has 4 rings (SSSR count). The van der Waals surface area contributed by atoms with Gasteiger partial charge in [0, 0.05) is 36.4 Å². The summed E-state index contributed by atoms with van der Waals surface area (Å²) in [5.74, 6) is -7.16. The smallest absolute Gasteiger partial charge is 0.245 e. The molecule has 10 amide bonds. The van der Waals surface area contributed by atoms with Crippen LogP contribution in [-0.2, 0) is 60.8 Å². The van der Waals surface area contributed by atoms with Crippen molar-refractivity contribution in [2.45, 2.75) is 121 Å². The first-order valence-corrected chi connectivity index (χ1v) is 25.3. The quantitative estimate of drug-likeness (QED) is 0.0404. The average molecular weight is 1020 g/mol. The number of benzene rings is 2. The van der Waals surface area contributed by atoms with Crippen LogP contribution in [0.2, 0.25) is 0 Å². The first kappa shape index (κ1) is 57.6. The van der Waals surface area contributed by atoms with E-state index in [-0.39, 0.29) is 50.4 Å². The van der Waals surface area contributed by atoms with E-state index in [2.05, 4.69) is 52.8 Å². The van der Waals surface area contributed by atoms with Crippen molar-refractivity contribution in [3.8, 4) is 0 Å². The zero-order valence-corrected chi connectivity index (χ0v) is 42.2. The lowest BCUT2D eigenvalue weighted by molar-refractivity contribution is -0.135. The number of para-hydroxylation sites is 1. The molecule has 0 aliphatic carbocycles. The Bertz CT molecular complexity index is 2400. The number of aliphatic hydroxyl groups excluding tert-OH is 1. The van der Waals surface area contributed by atoms with E-state index in [0.717, 1.165) is 10.9 Å². The summed E-state index contributed by atoms with van der Waals surface area (Å²) in [4.78, 5) is 135. The van der Waals surface area contributed by atoms with Gasteiger partial charge in [-0.3, -0.25) is 47.9 Å². The maximum absolute atomic E-state index is 14.1. The molecule has 1 aliphatic rings. The number of carbonyl (C=O) groups excluding carboxylic acids is 10. The molecular formula is C49H69N11O11S. The fourth-order valence-corrected chi connectivity index (χ4v) is 8.29. The molecule has 0 saturated carbocycles. The summed E-state index contributed by atoms with van der Waals surface area (Å²) >= 11 is 1.45. The Morgan fingerprint density at radius 3 is 1.93 bits per heavy atom. The highest BCUT2D eigenvalue weighted by Crippen LogP contribution is 2.20. The standard InChI is InChI=1S/C49H69N11O11S/c1-26(2)20-35(57-44(66)34-16-17-39(62)54-34)46(68)59-37(22-30-23-51-32-15-11-10-14-31(30)32)45(67)53-28(5)43(65)60-41(27(3)4)49(71)52-24-40(63)55-38(25-61)48(70)58-36(21-29-12-8-7-9-13-29)47(69)56-33(42(50)64)18-19-72-6/h7-15,23,26-28,33-38,41,51,61H,16-22,24-25H2,1-6H3,(H2,50,64)(H,52,71)(H,53,67)(H,54,62)(H,55,63)(H,56,69)(H,57,66)(H,58,70)(H,59,68)(H,60,65)/t28-,33-,34-,35-,36-,37-,38-,41-/m0/s1. The summed E-state index contributed by atoms with van der Waals surface area (Å²) in [6, 6.07) is 6.59. The molecule has 1 saturated heterocycles. The van der Waals surface area contributed by atoms with E-state index in [0.29, 0.717) is 16.9 Å². The Balaban J connectivity index is 1.39. The van der Waals surface area contributed by atoms with Crippen molar-refractivity contribution < 1.29 is 53.1 Å². The number of aromatic amines is 1. The lowest BCUT2D eigenvalue weighted by Crippen LogP contribution is -2.60. The zero-order chi connectivity index (χ0) is 53.1. The van der Waals surface area contributed by atoms with E-state index >= 15 is 0 Å². The molecule has 1 fully saturated rings. The van der Waals surface area contributed by atoms with Crippen LogP contribution in [0.5, 0.6) is 0 Å². The van der Waals surface area contributed by atoms with Crippen molar-refractivity contribution in [2.75, 3.05) is 25.2 Å². The number of hydrogen-bond donors (Lipinski definition) is 12. The number of hydrogen-bond acceptors (Lipinski definition) is 12. The number of thioether (sulfide) groups is 1. The van der Waals surface area contributed by atoms with Gasteiger partial charge in [0.25, 0.3) is 0 Å². The normalized spacial score (nSPS) is 16.2. The van der Waals surface area contributed by atoms with Crippen LogP contribution in [0.4, 0.5) is 0 Å². The Hall–Kier alpha value is -7.01. The largest absolute Gasteiger partial charge is 0.394 e. The second-order valence-electron chi connectivity index (χ2n) is 18.5. The van der Waals surface area contributed by atoms with Crippen LogP contribution in [0.3, 0.4) is 0 Å². The molecule has 1 aliphatic heterocycles. The summed E-state index contributed by atoms with van der Waals surface area (Å²) in [6.07, 6.45) is 4.41. The van der Waals surface area contributed by atoms with Gasteiger partial charge in [-0.05, 0) is 67.2 Å². The molecule has 23 heteroatoms. The van der Waals surface area contributed by atoms with E-state index in [1.165, 1.54) is 18.7 Å². The lowest BCUT2D eigenvalue weighted by atomic mass is 10.00. The van der Waals surface area contributed by atoms with Gasteiger partial charge in [0.1, 0.15) is 48.3 Å². The minimum atomic E-state index is -1.57. The predicted octanol–water partition coefficient (Wildman–Crippen LogP) is -1.31. The summed E-state index contributed by atoms with van der Waals surface area (Å²) in [5, 5.41) is 34.1. The van der Waals surface area contributed by atoms with E-state index in [9.17, 15) is 53.1 Å². The lowest BCUT2D eigenvalue weighted by Gasteiger charge is -2.27. The van der Waals surface area contributed by atoms with Gasteiger partial charge in [0.2, 0.25) is 59.1 Å². The van der Waals surface area contributed by atoms with Crippen molar-refractivity contribution in [2.24, 2.45) is 17.6 Å². The number of H-pyrrole nitrogens is 1. The Morgan fingerprint density at radius 2 is 1.32 bits per heavy atom. The SMILES string of the molecule is CSCC[C@H](NC(=O)[C@H](Cc1ccccc1)NC(=O)[C@H](CO)NC(=O)CNC(=O)[C@@H](NC(=O)[C@H](C)NC(=O)[C@H](Cc1c[nH]c2ccccc12)NC(=O)[C@H](CC(C)C)NC(=O)[C@@H]1CCC(=O)N1)C(C)C)C(N)=O. The number of aromatic nitrogens is 1. The second kappa shape index (κ2) is 28.1. The number of carbonyl (C=O) groups is 10. The maximum atomic E-state index is 14.1. The summed E-state index contributed by atoms with van der Waals surface area (Å²) < 4.78 is 0. The fraction of sp³-hybridized carbons (Fsp3) is 0.510. The third-order valence-corrected chi connectivity index (χ3v) is 12.5. The van der Waals surface area contributed by atoms with Crippen molar-refractivity contribution in [1.82, 2.24) is 52.8 Å². The van der Waals surface area contributed by atoms with Gasteiger partial charge in [-0.25, -0.2) is 0 Å². The minimum absolute atomic E-state index is 0.00875. The molecule has 0 bridgehead atoms. The number of nitrogens with one attached hydrogen (secondary N) is 10. The number of aliphatic hydroxyl groups is 1. The van der Waals surface area contributed by atoms with Crippen LogP contribution >= 0.6 is 11.8 Å². The van der Waals surface area contributed by atoms with Gasteiger partial charge in [-0.2, -0.15) is 11.8 Å². The molecule has 392 valence electrons. The highest BCUT2D eigenvalue weighted by atomic mass is 32.2. The molecule has 13 N–H and O–H groups in total. The van der Waals surface area contributed by atoms with E-state index in [1.54, 1.807) is 50.4 Å². The maximum Gasteiger partial charge on any atom is 0.245 e. The van der Waals surface area contributed by atoms with Crippen LogP contribution < -0.4 is 53.6 Å². The van der Waals surface area contributed by atoms with Gasteiger partial charge in [-0.1, -0.05) is 76.2 Å². The van der Waals surface area contributed by atoms with Crippen LogP contribution in [-0.4, -0.2) is 143 Å². The molecule has 0 unspecified atom stereocenters. The first-order valence-electron chi connectivity index (χ1n) is 23.9. The number of amides is 10. The average Bonchev–Trinajstić information content (AvgIpc) is 3.97. The highest BCUT2D eigenvalue weighted by Gasteiger charge is 2.35. The number of rotatable bonds is 28. The second-order valence-corrected chi connectivity index (χ2v) is 19.4. The van der Waals surface area contributed by atoms with Gasteiger partial charge < -0.3 is 63.7 Å². The molecule has 0 spiro atoms. The Labute approximate surface area is 422 Å². The van der Waals surface area contributed by atoms with Crippen LogP contribution in [0.1, 0.15) is 71.4 Å². The minimum Gasteiger partial charge on any atom is -0.394 e. The molecule has 2 heterocycles. The summed E-state index contributed by atoms with van der Waals surface area (Å²) in [6.45, 7) is 6.79. The van der Waals surface area contributed by atoms with Crippen LogP contribution in [0.15, 0.2) is 60.8 Å². The van der Waals surface area contributed by atoms with E-state index < -0.39 is 121 Å². The van der Waals surface area contributed by atoms with Crippen LogP contribution in [0.25, 0.3) is 10.9 Å². The Morgan fingerprint density at radius 1 is 0.708 bits per heavy atom.